The highest BCUT2D eigenvalue weighted by atomic mass is 15.0. The van der Waals surface area contributed by atoms with Gasteiger partial charge in [0, 0.05) is 16.5 Å². The van der Waals surface area contributed by atoms with E-state index in [2.05, 4.69) is 88.4 Å². The van der Waals surface area contributed by atoms with Gasteiger partial charge in [0.2, 0.25) is 0 Å². The fraction of sp³-hybridized carbons (Fsp3) is 0.0385. The van der Waals surface area contributed by atoms with Gasteiger partial charge in [0.15, 0.2) is 0 Å². The average Bonchev–Trinajstić information content (AvgIpc) is 3.10. The summed E-state index contributed by atoms with van der Waals surface area (Å²) in [4.78, 5) is 4.31. The minimum atomic E-state index is 0.814. The molecule has 0 saturated carbocycles. The molecule has 0 atom stereocenters. The van der Waals surface area contributed by atoms with Gasteiger partial charge in [-0.3, -0.25) is 0 Å². The van der Waals surface area contributed by atoms with Crippen molar-refractivity contribution < 1.29 is 0 Å². The predicted octanol–water partition coefficient (Wildman–Crippen LogP) is 5.99. The molecule has 3 nitrogen and oxygen atoms in total. The van der Waals surface area contributed by atoms with Crippen LogP contribution in [-0.4, -0.2) is 10.9 Å². The quantitative estimate of drug-likeness (QED) is 0.304. The third kappa shape index (κ3) is 3.07. The summed E-state index contributed by atoms with van der Waals surface area (Å²) >= 11 is 0. The lowest BCUT2D eigenvalue weighted by molar-refractivity contribution is 1.17. The Balaban J connectivity index is 1.68. The molecule has 3 heteroatoms. The zero-order valence-corrected chi connectivity index (χ0v) is 16.0. The van der Waals surface area contributed by atoms with Crippen molar-refractivity contribution in [3.63, 3.8) is 0 Å². The van der Waals surface area contributed by atoms with E-state index in [1.807, 2.05) is 18.2 Å². The number of nitrogens with two attached hydrogens (primary N) is 1. The fourth-order valence-corrected chi connectivity index (χ4v) is 4.07. The van der Waals surface area contributed by atoms with E-state index in [1.54, 1.807) is 0 Å². The summed E-state index contributed by atoms with van der Waals surface area (Å²) in [5.41, 5.74) is 12.5. The van der Waals surface area contributed by atoms with E-state index in [1.165, 1.54) is 45.0 Å². The first-order chi connectivity index (χ1) is 14.3. The van der Waals surface area contributed by atoms with Crippen molar-refractivity contribution in [2.45, 2.75) is 6.42 Å². The molecular weight excluding hydrogens is 354 g/mol. The first-order valence-corrected chi connectivity index (χ1v) is 9.75. The number of para-hydroxylation sites is 3. The number of hydrogen-bond acceptors (Lipinski definition) is 1. The Bertz CT molecular complexity index is 1330. The first kappa shape index (κ1) is 17.3. The summed E-state index contributed by atoms with van der Waals surface area (Å²) in [6.07, 6.45) is 2.17. The zero-order valence-electron chi connectivity index (χ0n) is 16.0. The van der Waals surface area contributed by atoms with Gasteiger partial charge >= 0.3 is 0 Å². The molecule has 2 N–H and O–H groups in total. The van der Waals surface area contributed by atoms with Crippen LogP contribution >= 0.6 is 0 Å². The van der Waals surface area contributed by atoms with Gasteiger partial charge in [0.05, 0.1) is 23.1 Å². The van der Waals surface area contributed by atoms with Crippen molar-refractivity contribution in [1.82, 2.24) is 4.57 Å². The number of aliphatic imine (C=N–C) groups is 1. The molecule has 0 aliphatic heterocycles. The molecule has 140 valence electrons. The molecule has 5 aromatic rings. The Hall–Kier alpha value is -3.85. The number of nitrogens with zero attached hydrogens (tertiary/aromatic N) is 2. The molecule has 0 amide bonds. The largest absolute Gasteiger partial charge is 0.390 e. The van der Waals surface area contributed by atoms with Gasteiger partial charge in [0.1, 0.15) is 0 Å². The molecular formula is C26H21N3. The van der Waals surface area contributed by atoms with Gasteiger partial charge in [-0.15, -0.1) is 0 Å². The second-order valence-electron chi connectivity index (χ2n) is 7.12. The van der Waals surface area contributed by atoms with Crippen molar-refractivity contribution in [3.8, 4) is 5.69 Å². The minimum absolute atomic E-state index is 0.814. The maximum absolute atomic E-state index is 5.52. The topological polar surface area (TPSA) is 43.3 Å². The molecule has 5 rings (SSSR count). The van der Waals surface area contributed by atoms with Gasteiger partial charge in [-0.05, 0) is 53.9 Å². The van der Waals surface area contributed by atoms with Gasteiger partial charge in [0.25, 0.3) is 0 Å². The molecule has 4 aromatic carbocycles. The van der Waals surface area contributed by atoms with Gasteiger partial charge in [-0.25, -0.2) is 4.99 Å². The number of fused-ring (bicyclic) bond motifs is 3. The lowest BCUT2D eigenvalue weighted by atomic mass is 10.0. The SMILES string of the molecule is N/C=N\c1ccccc1Cc1ccc2c(c1)c1ccccc1n2-c1ccccc1. The molecule has 1 aromatic heterocycles. The van der Waals surface area contributed by atoms with E-state index >= 15 is 0 Å². The van der Waals surface area contributed by atoms with Crippen molar-refractivity contribution >= 4 is 33.8 Å². The smallest absolute Gasteiger partial charge is 0.0860 e. The standard InChI is InChI=1S/C26H21N3/c27-18-28-24-12-6-4-8-20(24)16-19-14-15-26-23(17-19)22-11-5-7-13-25(22)29(26)21-9-2-1-3-10-21/h1-15,17-18H,16H2,(H2,27,28). The van der Waals surface area contributed by atoms with E-state index < -0.39 is 0 Å². The molecule has 0 aliphatic carbocycles. The van der Waals surface area contributed by atoms with Crippen molar-refractivity contribution in [3.05, 3.63) is 108 Å². The van der Waals surface area contributed by atoms with Crippen LogP contribution < -0.4 is 5.73 Å². The highest BCUT2D eigenvalue weighted by Crippen LogP contribution is 2.33. The molecule has 0 aliphatic rings. The van der Waals surface area contributed by atoms with E-state index in [9.17, 15) is 0 Å². The van der Waals surface area contributed by atoms with Gasteiger partial charge in [-0.2, -0.15) is 0 Å². The van der Waals surface area contributed by atoms with Crippen LogP contribution in [0.25, 0.3) is 27.5 Å². The van der Waals surface area contributed by atoms with Crippen molar-refractivity contribution in [2.24, 2.45) is 10.7 Å². The number of aromatic nitrogens is 1. The molecule has 0 radical (unpaired) electrons. The van der Waals surface area contributed by atoms with Crippen LogP contribution in [-0.2, 0) is 6.42 Å². The monoisotopic (exact) mass is 375 g/mol. The molecule has 0 saturated heterocycles. The summed E-state index contributed by atoms with van der Waals surface area (Å²) in [6, 6.07) is 34.0. The Labute approximate surface area is 169 Å². The Morgan fingerprint density at radius 1 is 0.724 bits per heavy atom. The van der Waals surface area contributed by atoms with Crippen LogP contribution in [0.15, 0.2) is 102 Å². The van der Waals surface area contributed by atoms with E-state index in [0.29, 0.717) is 0 Å². The van der Waals surface area contributed by atoms with E-state index in [0.717, 1.165) is 12.1 Å². The van der Waals surface area contributed by atoms with Crippen LogP contribution in [0.2, 0.25) is 0 Å². The van der Waals surface area contributed by atoms with Crippen LogP contribution in [0.1, 0.15) is 11.1 Å². The molecule has 1 heterocycles. The molecule has 0 unspecified atom stereocenters. The number of rotatable bonds is 4. The van der Waals surface area contributed by atoms with Crippen molar-refractivity contribution in [1.29, 1.82) is 0 Å². The number of benzene rings is 4. The summed E-state index contributed by atoms with van der Waals surface area (Å²) in [5, 5.41) is 2.53. The van der Waals surface area contributed by atoms with Gasteiger partial charge in [-0.1, -0.05) is 60.7 Å². The molecule has 0 bridgehead atoms. The Kier molecular flexibility index (Phi) is 4.34. The van der Waals surface area contributed by atoms with Crippen LogP contribution in [0, 0.1) is 0 Å². The third-order valence-corrected chi connectivity index (χ3v) is 5.35. The molecule has 0 fully saturated rings. The average molecular weight is 375 g/mol. The Morgan fingerprint density at radius 3 is 2.31 bits per heavy atom. The van der Waals surface area contributed by atoms with Crippen LogP contribution in [0.3, 0.4) is 0 Å². The van der Waals surface area contributed by atoms with E-state index in [4.69, 9.17) is 5.73 Å². The predicted molar refractivity (Wildman–Crippen MR) is 122 cm³/mol. The van der Waals surface area contributed by atoms with Crippen LogP contribution in [0.5, 0.6) is 0 Å². The summed E-state index contributed by atoms with van der Waals surface area (Å²) in [7, 11) is 0. The maximum atomic E-state index is 5.52. The highest BCUT2D eigenvalue weighted by molar-refractivity contribution is 6.09. The summed E-state index contributed by atoms with van der Waals surface area (Å²) < 4.78 is 2.33. The summed E-state index contributed by atoms with van der Waals surface area (Å²) in [5.74, 6) is 0. The Morgan fingerprint density at radius 2 is 1.45 bits per heavy atom. The molecule has 29 heavy (non-hydrogen) atoms. The third-order valence-electron chi connectivity index (χ3n) is 5.35. The lowest BCUT2D eigenvalue weighted by Crippen LogP contribution is -1.94. The normalized spacial score (nSPS) is 11.6. The van der Waals surface area contributed by atoms with Crippen LogP contribution in [0.4, 0.5) is 5.69 Å². The first-order valence-electron chi connectivity index (χ1n) is 9.75. The number of hydrogen-bond donors (Lipinski definition) is 1. The maximum Gasteiger partial charge on any atom is 0.0860 e. The van der Waals surface area contributed by atoms with Crippen molar-refractivity contribution in [2.75, 3.05) is 0 Å². The lowest BCUT2D eigenvalue weighted by Gasteiger charge is -2.08. The fourth-order valence-electron chi connectivity index (χ4n) is 4.07. The molecule has 0 spiro atoms. The summed E-state index contributed by atoms with van der Waals surface area (Å²) in [6.45, 7) is 0. The second kappa shape index (κ2) is 7.28. The highest BCUT2D eigenvalue weighted by Gasteiger charge is 2.12. The zero-order chi connectivity index (χ0) is 19.6. The second-order valence-corrected chi connectivity index (χ2v) is 7.12. The van der Waals surface area contributed by atoms with Gasteiger partial charge < -0.3 is 10.3 Å². The minimum Gasteiger partial charge on any atom is -0.390 e. The van der Waals surface area contributed by atoms with E-state index in [-0.39, 0.29) is 0 Å².